The summed E-state index contributed by atoms with van der Waals surface area (Å²) in [5, 5.41) is 3.68. The molecule has 4 nitrogen and oxygen atoms in total. The Kier molecular flexibility index (Phi) is 3.96. The normalized spacial score (nSPS) is 16.6. The second-order valence-corrected chi connectivity index (χ2v) is 4.48. The Bertz CT molecular complexity index is 350. The Balaban J connectivity index is 1.82. The Morgan fingerprint density at radius 1 is 1.44 bits per heavy atom. The van der Waals surface area contributed by atoms with Crippen molar-refractivity contribution < 1.29 is 0 Å². The van der Waals surface area contributed by atoms with Crippen molar-refractivity contribution in [3.05, 3.63) is 17.0 Å². The van der Waals surface area contributed by atoms with E-state index in [0.717, 1.165) is 18.8 Å². The summed E-state index contributed by atoms with van der Waals surface area (Å²) >= 11 is 5.94. The minimum Gasteiger partial charge on any atom is -0.366 e. The van der Waals surface area contributed by atoms with E-state index in [4.69, 9.17) is 11.6 Å². The van der Waals surface area contributed by atoms with E-state index in [9.17, 15) is 0 Å². The summed E-state index contributed by atoms with van der Waals surface area (Å²) in [6, 6.07) is 0. The maximum atomic E-state index is 5.94. The van der Waals surface area contributed by atoms with Crippen LogP contribution in [0.15, 0.2) is 6.20 Å². The first kappa shape index (κ1) is 11.6. The molecule has 2 heterocycles. The standard InChI is InChI=1S/C11H17ClN4/c1-9-8-14-10(12)11(15-9)13-4-7-16-5-2-3-6-16/h8H,2-7H2,1H3,(H,13,15). The van der Waals surface area contributed by atoms with E-state index in [1.165, 1.54) is 25.9 Å². The number of nitrogens with zero attached hydrogens (tertiary/aromatic N) is 3. The second kappa shape index (κ2) is 5.46. The van der Waals surface area contributed by atoms with Gasteiger partial charge in [-0.05, 0) is 32.9 Å². The maximum absolute atomic E-state index is 5.94. The molecule has 1 aromatic rings. The number of anilines is 1. The van der Waals surface area contributed by atoms with Crippen LogP contribution in [0.2, 0.25) is 5.15 Å². The fourth-order valence-corrected chi connectivity index (χ4v) is 2.07. The lowest BCUT2D eigenvalue weighted by Crippen LogP contribution is -2.26. The molecule has 0 amide bonds. The fourth-order valence-electron chi connectivity index (χ4n) is 1.91. The number of aromatic nitrogens is 2. The van der Waals surface area contributed by atoms with Crippen molar-refractivity contribution in [1.82, 2.24) is 14.9 Å². The molecule has 0 spiro atoms. The minimum absolute atomic E-state index is 0.451. The van der Waals surface area contributed by atoms with Crippen molar-refractivity contribution in [2.45, 2.75) is 19.8 Å². The SMILES string of the molecule is Cc1cnc(Cl)c(NCCN2CCCC2)n1. The highest BCUT2D eigenvalue weighted by molar-refractivity contribution is 6.31. The second-order valence-electron chi connectivity index (χ2n) is 4.13. The van der Waals surface area contributed by atoms with Gasteiger partial charge in [0.05, 0.1) is 11.9 Å². The summed E-state index contributed by atoms with van der Waals surface area (Å²) in [6.07, 6.45) is 4.32. The third-order valence-corrected chi connectivity index (χ3v) is 3.04. The molecule has 1 aromatic heterocycles. The minimum atomic E-state index is 0.451. The van der Waals surface area contributed by atoms with Crippen molar-refractivity contribution in [2.24, 2.45) is 0 Å². The summed E-state index contributed by atoms with van der Waals surface area (Å²) in [5.74, 6) is 0.695. The summed E-state index contributed by atoms with van der Waals surface area (Å²) in [6.45, 7) is 6.27. The molecule has 2 rings (SSSR count). The van der Waals surface area contributed by atoms with Crippen LogP contribution in [0, 0.1) is 6.92 Å². The molecule has 5 heteroatoms. The van der Waals surface area contributed by atoms with Gasteiger partial charge in [-0.15, -0.1) is 0 Å². The summed E-state index contributed by atoms with van der Waals surface area (Å²) < 4.78 is 0. The third-order valence-electron chi connectivity index (χ3n) is 2.77. The first-order valence-corrected chi connectivity index (χ1v) is 6.09. The molecule has 88 valence electrons. The Labute approximate surface area is 101 Å². The largest absolute Gasteiger partial charge is 0.366 e. The zero-order valence-corrected chi connectivity index (χ0v) is 10.3. The van der Waals surface area contributed by atoms with Gasteiger partial charge in [0, 0.05) is 13.1 Å². The van der Waals surface area contributed by atoms with E-state index in [-0.39, 0.29) is 0 Å². The third kappa shape index (κ3) is 3.06. The van der Waals surface area contributed by atoms with Crippen LogP contribution < -0.4 is 5.32 Å². The zero-order chi connectivity index (χ0) is 11.4. The monoisotopic (exact) mass is 240 g/mol. The van der Waals surface area contributed by atoms with Crippen LogP contribution in [0.5, 0.6) is 0 Å². The lowest BCUT2D eigenvalue weighted by atomic mass is 10.4. The van der Waals surface area contributed by atoms with Gasteiger partial charge < -0.3 is 10.2 Å². The number of hydrogen-bond acceptors (Lipinski definition) is 4. The highest BCUT2D eigenvalue weighted by atomic mass is 35.5. The van der Waals surface area contributed by atoms with Crippen LogP contribution in [-0.4, -0.2) is 41.0 Å². The molecular formula is C11H17ClN4. The van der Waals surface area contributed by atoms with Gasteiger partial charge in [0.2, 0.25) is 0 Å². The van der Waals surface area contributed by atoms with Gasteiger partial charge in [-0.1, -0.05) is 11.6 Å². The van der Waals surface area contributed by atoms with Gasteiger partial charge in [0.15, 0.2) is 11.0 Å². The van der Waals surface area contributed by atoms with E-state index in [0.29, 0.717) is 11.0 Å². The van der Waals surface area contributed by atoms with E-state index >= 15 is 0 Å². The Hall–Kier alpha value is -0.870. The Morgan fingerprint density at radius 2 is 2.19 bits per heavy atom. The number of rotatable bonds is 4. The van der Waals surface area contributed by atoms with Gasteiger partial charge in [-0.25, -0.2) is 9.97 Å². The smallest absolute Gasteiger partial charge is 0.171 e. The molecule has 0 aliphatic carbocycles. The van der Waals surface area contributed by atoms with E-state index in [1.807, 2.05) is 6.92 Å². The molecule has 1 fully saturated rings. The molecule has 0 unspecified atom stereocenters. The van der Waals surface area contributed by atoms with Crippen molar-refractivity contribution in [1.29, 1.82) is 0 Å². The molecule has 16 heavy (non-hydrogen) atoms. The van der Waals surface area contributed by atoms with E-state index in [2.05, 4.69) is 20.2 Å². The van der Waals surface area contributed by atoms with E-state index in [1.54, 1.807) is 6.20 Å². The first-order chi connectivity index (χ1) is 7.75. The number of likely N-dealkylation sites (tertiary alicyclic amines) is 1. The lowest BCUT2D eigenvalue weighted by molar-refractivity contribution is 0.352. The van der Waals surface area contributed by atoms with Gasteiger partial charge in [0.25, 0.3) is 0 Å². The molecule has 0 atom stereocenters. The number of nitrogens with one attached hydrogen (secondary N) is 1. The zero-order valence-electron chi connectivity index (χ0n) is 9.54. The van der Waals surface area contributed by atoms with Crippen LogP contribution in [0.4, 0.5) is 5.82 Å². The molecule has 1 aliphatic heterocycles. The molecule has 0 radical (unpaired) electrons. The average Bonchev–Trinajstić information content (AvgIpc) is 2.76. The quantitative estimate of drug-likeness (QED) is 0.874. The number of aryl methyl sites for hydroxylation is 1. The molecule has 1 saturated heterocycles. The van der Waals surface area contributed by atoms with Gasteiger partial charge >= 0.3 is 0 Å². The van der Waals surface area contributed by atoms with Crippen molar-refractivity contribution in [2.75, 3.05) is 31.5 Å². The van der Waals surface area contributed by atoms with Crippen LogP contribution in [0.25, 0.3) is 0 Å². The lowest BCUT2D eigenvalue weighted by Gasteiger charge is -2.15. The molecule has 0 bridgehead atoms. The van der Waals surface area contributed by atoms with Crippen LogP contribution in [0.1, 0.15) is 18.5 Å². The fraction of sp³-hybridized carbons (Fsp3) is 0.636. The van der Waals surface area contributed by atoms with Crippen molar-refractivity contribution in [3.8, 4) is 0 Å². The first-order valence-electron chi connectivity index (χ1n) is 5.71. The molecule has 1 aliphatic rings. The predicted octanol–water partition coefficient (Wildman–Crippen LogP) is 1.95. The molecule has 0 aromatic carbocycles. The van der Waals surface area contributed by atoms with Crippen molar-refractivity contribution >= 4 is 17.4 Å². The number of hydrogen-bond donors (Lipinski definition) is 1. The highest BCUT2D eigenvalue weighted by Crippen LogP contribution is 2.15. The van der Waals surface area contributed by atoms with E-state index < -0.39 is 0 Å². The van der Waals surface area contributed by atoms with Gasteiger partial charge in [-0.3, -0.25) is 0 Å². The maximum Gasteiger partial charge on any atom is 0.171 e. The Morgan fingerprint density at radius 3 is 2.94 bits per heavy atom. The average molecular weight is 241 g/mol. The molecular weight excluding hydrogens is 224 g/mol. The van der Waals surface area contributed by atoms with Crippen LogP contribution in [-0.2, 0) is 0 Å². The van der Waals surface area contributed by atoms with Gasteiger partial charge in [-0.2, -0.15) is 0 Å². The van der Waals surface area contributed by atoms with Crippen LogP contribution >= 0.6 is 11.6 Å². The van der Waals surface area contributed by atoms with Gasteiger partial charge in [0.1, 0.15) is 0 Å². The molecule has 0 saturated carbocycles. The highest BCUT2D eigenvalue weighted by Gasteiger charge is 2.11. The van der Waals surface area contributed by atoms with Crippen LogP contribution in [0.3, 0.4) is 0 Å². The number of halogens is 1. The van der Waals surface area contributed by atoms with Crippen molar-refractivity contribution in [3.63, 3.8) is 0 Å². The topological polar surface area (TPSA) is 41.1 Å². The summed E-state index contributed by atoms with van der Waals surface area (Å²) in [4.78, 5) is 10.8. The summed E-state index contributed by atoms with van der Waals surface area (Å²) in [5.41, 5.74) is 0.882. The predicted molar refractivity (Wildman–Crippen MR) is 65.9 cm³/mol. The molecule has 1 N–H and O–H groups in total. The summed E-state index contributed by atoms with van der Waals surface area (Å²) in [7, 11) is 0.